The Labute approximate surface area is 134 Å². The monoisotopic (exact) mass is 315 g/mol. The van der Waals surface area contributed by atoms with Gasteiger partial charge < -0.3 is 14.2 Å². The molecule has 6 heteroatoms. The average Bonchev–Trinajstić information content (AvgIpc) is 2.59. The Hall–Kier alpha value is -3.07. The molecule has 0 radical (unpaired) electrons. The first-order valence-corrected chi connectivity index (χ1v) is 6.75. The van der Waals surface area contributed by atoms with Crippen molar-refractivity contribution in [3.8, 4) is 11.8 Å². The maximum absolute atomic E-state index is 11.5. The number of allylic oxidation sites excluding steroid dienone is 1. The lowest BCUT2D eigenvalue weighted by atomic mass is 10.0. The summed E-state index contributed by atoms with van der Waals surface area (Å²) < 4.78 is 14.8. The third kappa shape index (κ3) is 5.32. The van der Waals surface area contributed by atoms with Crippen LogP contribution in [-0.2, 0) is 19.1 Å². The normalized spacial score (nSPS) is 10.8. The zero-order chi connectivity index (χ0) is 17.2. The SMILES string of the molecule is C=CC(=O)OCCOc1ccc(C(C)=C(C#N)C(=O)OC)cc1. The van der Waals surface area contributed by atoms with E-state index in [1.165, 1.54) is 7.11 Å². The van der Waals surface area contributed by atoms with Gasteiger partial charge in [-0.05, 0) is 30.2 Å². The molecule has 1 rings (SSSR count). The van der Waals surface area contributed by atoms with Gasteiger partial charge in [0.15, 0.2) is 0 Å². The number of hydrogen-bond donors (Lipinski definition) is 0. The number of hydrogen-bond acceptors (Lipinski definition) is 6. The first kappa shape index (κ1) is 18.0. The van der Waals surface area contributed by atoms with Gasteiger partial charge in [-0.25, -0.2) is 9.59 Å². The topological polar surface area (TPSA) is 85.6 Å². The van der Waals surface area contributed by atoms with Crippen molar-refractivity contribution in [3.05, 3.63) is 48.1 Å². The maximum Gasteiger partial charge on any atom is 0.348 e. The van der Waals surface area contributed by atoms with E-state index >= 15 is 0 Å². The van der Waals surface area contributed by atoms with Crippen LogP contribution in [0.1, 0.15) is 12.5 Å². The number of ether oxygens (including phenoxy) is 3. The van der Waals surface area contributed by atoms with Gasteiger partial charge >= 0.3 is 11.9 Å². The summed E-state index contributed by atoms with van der Waals surface area (Å²) in [5.41, 5.74) is 1.18. The largest absolute Gasteiger partial charge is 0.490 e. The molecule has 23 heavy (non-hydrogen) atoms. The van der Waals surface area contributed by atoms with Crippen LogP contribution in [0.2, 0.25) is 0 Å². The van der Waals surface area contributed by atoms with Crippen LogP contribution >= 0.6 is 0 Å². The molecule has 6 nitrogen and oxygen atoms in total. The smallest absolute Gasteiger partial charge is 0.348 e. The van der Waals surface area contributed by atoms with E-state index in [-0.39, 0.29) is 18.8 Å². The molecule has 0 unspecified atom stereocenters. The lowest BCUT2D eigenvalue weighted by molar-refractivity contribution is -0.138. The average molecular weight is 315 g/mol. The lowest BCUT2D eigenvalue weighted by Gasteiger charge is -2.08. The van der Waals surface area contributed by atoms with Crippen LogP contribution in [0.15, 0.2) is 42.5 Å². The number of methoxy groups -OCH3 is 1. The molecule has 0 aromatic heterocycles. The third-order valence-corrected chi connectivity index (χ3v) is 2.93. The fourth-order valence-corrected chi connectivity index (χ4v) is 1.69. The molecule has 0 amide bonds. The van der Waals surface area contributed by atoms with Crippen molar-refractivity contribution in [2.45, 2.75) is 6.92 Å². The van der Waals surface area contributed by atoms with E-state index < -0.39 is 11.9 Å². The summed E-state index contributed by atoms with van der Waals surface area (Å²) in [6.07, 6.45) is 1.08. The lowest BCUT2D eigenvalue weighted by Crippen LogP contribution is -2.10. The molecule has 0 saturated carbocycles. The van der Waals surface area contributed by atoms with Crippen molar-refractivity contribution in [3.63, 3.8) is 0 Å². The van der Waals surface area contributed by atoms with E-state index in [0.29, 0.717) is 16.9 Å². The Bertz CT molecular complexity index is 653. The van der Waals surface area contributed by atoms with Crippen LogP contribution in [0.25, 0.3) is 5.57 Å². The van der Waals surface area contributed by atoms with E-state index in [2.05, 4.69) is 11.3 Å². The van der Waals surface area contributed by atoms with E-state index in [9.17, 15) is 9.59 Å². The number of carbonyl (C=O) groups is 2. The Morgan fingerprint density at radius 1 is 1.26 bits per heavy atom. The van der Waals surface area contributed by atoms with Gasteiger partial charge in [0, 0.05) is 6.08 Å². The van der Waals surface area contributed by atoms with Crippen molar-refractivity contribution in [2.24, 2.45) is 0 Å². The van der Waals surface area contributed by atoms with Crippen LogP contribution in [-0.4, -0.2) is 32.3 Å². The highest BCUT2D eigenvalue weighted by molar-refractivity contribution is 6.01. The molecule has 0 atom stereocenters. The summed E-state index contributed by atoms with van der Waals surface area (Å²) in [7, 11) is 1.23. The highest BCUT2D eigenvalue weighted by atomic mass is 16.6. The van der Waals surface area contributed by atoms with E-state index in [4.69, 9.17) is 14.7 Å². The zero-order valence-corrected chi connectivity index (χ0v) is 13.0. The van der Waals surface area contributed by atoms with Crippen LogP contribution < -0.4 is 4.74 Å². The second-order valence-electron chi connectivity index (χ2n) is 4.35. The quantitative estimate of drug-likeness (QED) is 0.332. The van der Waals surface area contributed by atoms with E-state index in [0.717, 1.165) is 6.08 Å². The third-order valence-electron chi connectivity index (χ3n) is 2.93. The Kier molecular flexibility index (Phi) is 7.08. The van der Waals surface area contributed by atoms with Gasteiger partial charge in [-0.15, -0.1) is 0 Å². The highest BCUT2D eigenvalue weighted by Crippen LogP contribution is 2.21. The second-order valence-corrected chi connectivity index (χ2v) is 4.35. The standard InChI is InChI=1S/C17H17NO5/c1-4-16(19)23-10-9-22-14-7-5-13(6-8-14)12(2)15(11-18)17(20)21-3/h4-8H,1,9-10H2,2-3H3. The van der Waals surface area contributed by atoms with Gasteiger partial charge in [0.2, 0.25) is 0 Å². The number of benzene rings is 1. The molecule has 0 aliphatic rings. The molecule has 0 fully saturated rings. The summed E-state index contributed by atoms with van der Waals surface area (Å²) in [4.78, 5) is 22.4. The molecule has 120 valence electrons. The predicted molar refractivity (Wildman–Crippen MR) is 83.3 cm³/mol. The summed E-state index contributed by atoms with van der Waals surface area (Å²) in [5.74, 6) is -0.598. The molecule has 0 aliphatic heterocycles. The zero-order valence-electron chi connectivity index (χ0n) is 13.0. The second kappa shape index (κ2) is 9.05. The number of rotatable bonds is 7. The van der Waals surface area contributed by atoms with Gasteiger partial charge in [0.25, 0.3) is 0 Å². The molecular formula is C17H17NO5. The minimum Gasteiger partial charge on any atom is -0.490 e. The molecule has 0 bridgehead atoms. The minimum atomic E-state index is -0.672. The highest BCUT2D eigenvalue weighted by Gasteiger charge is 2.14. The molecule has 0 heterocycles. The molecule has 1 aromatic carbocycles. The molecule has 0 aliphatic carbocycles. The van der Waals surface area contributed by atoms with Crippen molar-refractivity contribution >= 4 is 17.5 Å². The molecule has 0 N–H and O–H groups in total. The van der Waals surface area contributed by atoms with Crippen molar-refractivity contribution in [2.75, 3.05) is 20.3 Å². The fraction of sp³-hybridized carbons (Fsp3) is 0.235. The van der Waals surface area contributed by atoms with Crippen molar-refractivity contribution in [1.29, 1.82) is 5.26 Å². The van der Waals surface area contributed by atoms with Crippen LogP contribution in [0, 0.1) is 11.3 Å². The Morgan fingerprint density at radius 2 is 1.91 bits per heavy atom. The molecule has 0 saturated heterocycles. The first-order valence-electron chi connectivity index (χ1n) is 6.75. The van der Waals surface area contributed by atoms with Crippen LogP contribution in [0.4, 0.5) is 0 Å². The van der Waals surface area contributed by atoms with Gasteiger partial charge in [-0.3, -0.25) is 0 Å². The minimum absolute atomic E-state index is 0.0440. The summed E-state index contributed by atoms with van der Waals surface area (Å²) in [5, 5.41) is 9.04. The number of esters is 2. The summed E-state index contributed by atoms with van der Waals surface area (Å²) >= 11 is 0. The maximum atomic E-state index is 11.5. The molecular weight excluding hydrogens is 298 g/mol. The molecule has 1 aromatic rings. The number of nitrogens with zero attached hydrogens (tertiary/aromatic N) is 1. The number of nitriles is 1. The summed E-state index contributed by atoms with van der Waals surface area (Å²) in [6.45, 7) is 5.28. The van der Waals surface area contributed by atoms with Crippen LogP contribution in [0.3, 0.4) is 0 Å². The van der Waals surface area contributed by atoms with Gasteiger partial charge in [0.1, 0.15) is 30.6 Å². The van der Waals surface area contributed by atoms with Gasteiger partial charge in [-0.2, -0.15) is 5.26 Å². The predicted octanol–water partition coefficient (Wildman–Crippen LogP) is 2.26. The Balaban J connectivity index is 2.71. The fourth-order valence-electron chi connectivity index (χ4n) is 1.69. The van der Waals surface area contributed by atoms with Gasteiger partial charge in [-0.1, -0.05) is 18.7 Å². The van der Waals surface area contributed by atoms with Crippen LogP contribution in [0.5, 0.6) is 5.75 Å². The van der Waals surface area contributed by atoms with Crippen molar-refractivity contribution in [1.82, 2.24) is 0 Å². The Morgan fingerprint density at radius 3 is 2.43 bits per heavy atom. The molecule has 0 spiro atoms. The van der Waals surface area contributed by atoms with E-state index in [1.807, 2.05) is 6.07 Å². The summed E-state index contributed by atoms with van der Waals surface area (Å²) in [6, 6.07) is 8.68. The number of carbonyl (C=O) groups excluding carboxylic acids is 2. The van der Waals surface area contributed by atoms with Crippen molar-refractivity contribution < 1.29 is 23.8 Å². The first-order chi connectivity index (χ1) is 11.0. The van der Waals surface area contributed by atoms with Gasteiger partial charge in [0.05, 0.1) is 7.11 Å². The van der Waals surface area contributed by atoms with E-state index in [1.54, 1.807) is 31.2 Å².